The SMILES string of the molecule is COc1ccc(Nc2nc(-c3cccc(NC(=O)CCBr)c3)cs2)cc1Cl. The summed E-state index contributed by atoms with van der Waals surface area (Å²) in [6.07, 6.45) is 0.430. The lowest BCUT2D eigenvalue weighted by atomic mass is 10.1. The molecule has 0 atom stereocenters. The Morgan fingerprint density at radius 1 is 1.26 bits per heavy atom. The van der Waals surface area contributed by atoms with E-state index in [0.29, 0.717) is 22.5 Å². The van der Waals surface area contributed by atoms with Crippen molar-refractivity contribution in [3.63, 3.8) is 0 Å². The van der Waals surface area contributed by atoms with Crippen molar-refractivity contribution >= 4 is 61.3 Å². The highest BCUT2D eigenvalue weighted by molar-refractivity contribution is 9.09. The van der Waals surface area contributed by atoms with E-state index in [9.17, 15) is 4.79 Å². The van der Waals surface area contributed by atoms with Gasteiger partial charge in [0.1, 0.15) is 5.75 Å². The average Bonchev–Trinajstić information content (AvgIpc) is 3.11. The van der Waals surface area contributed by atoms with Crippen molar-refractivity contribution in [2.45, 2.75) is 6.42 Å². The lowest BCUT2D eigenvalue weighted by molar-refractivity contribution is -0.115. The van der Waals surface area contributed by atoms with E-state index in [2.05, 4.69) is 31.5 Å². The molecule has 0 fully saturated rings. The summed E-state index contributed by atoms with van der Waals surface area (Å²) < 4.78 is 5.16. The maximum Gasteiger partial charge on any atom is 0.225 e. The number of methoxy groups -OCH3 is 1. The highest BCUT2D eigenvalue weighted by Crippen LogP contribution is 2.31. The Bertz CT molecular complexity index is 948. The number of hydrogen-bond acceptors (Lipinski definition) is 5. The summed E-state index contributed by atoms with van der Waals surface area (Å²) in [5.74, 6) is 0.599. The van der Waals surface area contributed by atoms with Gasteiger partial charge in [-0.2, -0.15) is 0 Å². The standard InChI is InChI=1S/C19H17BrClN3O2S/c1-26-17-6-5-14(10-15(17)21)23-19-24-16(11-27-19)12-3-2-4-13(9-12)22-18(25)7-8-20/h2-6,9-11H,7-8H2,1H3,(H,22,25)(H,23,24). The number of nitrogens with one attached hydrogen (secondary N) is 2. The van der Waals surface area contributed by atoms with Gasteiger partial charge in [0, 0.05) is 34.1 Å². The van der Waals surface area contributed by atoms with E-state index < -0.39 is 0 Å². The van der Waals surface area contributed by atoms with Gasteiger partial charge >= 0.3 is 0 Å². The first-order valence-electron chi connectivity index (χ1n) is 8.11. The van der Waals surface area contributed by atoms with Crippen LogP contribution in [0.15, 0.2) is 47.8 Å². The summed E-state index contributed by atoms with van der Waals surface area (Å²) in [5, 5.41) is 10.0. The molecule has 140 valence electrons. The molecule has 3 aromatic rings. The molecule has 0 saturated carbocycles. The van der Waals surface area contributed by atoms with Gasteiger partial charge in [0.05, 0.1) is 17.8 Å². The Labute approximate surface area is 174 Å². The molecule has 5 nitrogen and oxygen atoms in total. The topological polar surface area (TPSA) is 63.2 Å². The van der Waals surface area contributed by atoms with Gasteiger partial charge in [-0.25, -0.2) is 4.98 Å². The van der Waals surface area contributed by atoms with Crippen LogP contribution < -0.4 is 15.4 Å². The number of alkyl halides is 1. The van der Waals surface area contributed by atoms with E-state index in [0.717, 1.165) is 27.8 Å². The van der Waals surface area contributed by atoms with Crippen molar-refractivity contribution in [1.29, 1.82) is 0 Å². The molecule has 1 heterocycles. The summed E-state index contributed by atoms with van der Waals surface area (Å²) in [5.41, 5.74) is 3.35. The first-order chi connectivity index (χ1) is 13.1. The second kappa shape index (κ2) is 9.21. The predicted octanol–water partition coefficient (Wildman–Crippen LogP) is 5.94. The highest BCUT2D eigenvalue weighted by Gasteiger charge is 2.08. The predicted molar refractivity (Wildman–Crippen MR) is 116 cm³/mol. The van der Waals surface area contributed by atoms with E-state index in [1.54, 1.807) is 19.2 Å². The molecule has 2 N–H and O–H groups in total. The molecule has 2 aromatic carbocycles. The molecule has 27 heavy (non-hydrogen) atoms. The summed E-state index contributed by atoms with van der Waals surface area (Å²) in [7, 11) is 1.58. The van der Waals surface area contributed by atoms with Crippen LogP contribution in [0.1, 0.15) is 6.42 Å². The van der Waals surface area contributed by atoms with Crippen molar-refractivity contribution in [3.8, 4) is 17.0 Å². The number of benzene rings is 2. The number of nitrogens with zero attached hydrogens (tertiary/aromatic N) is 1. The number of aromatic nitrogens is 1. The average molecular weight is 467 g/mol. The van der Waals surface area contributed by atoms with Crippen molar-refractivity contribution in [2.24, 2.45) is 0 Å². The zero-order chi connectivity index (χ0) is 19.2. The number of halogens is 2. The summed E-state index contributed by atoms with van der Waals surface area (Å²) >= 11 is 10.9. The number of thiazole rings is 1. The molecule has 0 aliphatic rings. The lowest BCUT2D eigenvalue weighted by Crippen LogP contribution is -2.11. The Balaban J connectivity index is 1.74. The maximum absolute atomic E-state index is 11.8. The normalized spacial score (nSPS) is 10.5. The number of carbonyl (C=O) groups excluding carboxylic acids is 1. The quantitative estimate of drug-likeness (QED) is 0.423. The zero-order valence-corrected chi connectivity index (χ0v) is 17.6. The van der Waals surface area contributed by atoms with Gasteiger partial charge in [-0.05, 0) is 30.3 Å². The van der Waals surface area contributed by atoms with Gasteiger partial charge in [0.15, 0.2) is 5.13 Å². The third kappa shape index (κ3) is 5.22. The molecular formula is C19H17BrClN3O2S. The number of carbonyl (C=O) groups is 1. The third-order valence-corrected chi connectivity index (χ3v) is 5.12. The van der Waals surface area contributed by atoms with E-state index in [1.165, 1.54) is 11.3 Å². The number of hydrogen-bond donors (Lipinski definition) is 2. The van der Waals surface area contributed by atoms with Gasteiger partial charge in [-0.3, -0.25) is 4.79 Å². The van der Waals surface area contributed by atoms with Gasteiger partial charge in [-0.1, -0.05) is 39.7 Å². The smallest absolute Gasteiger partial charge is 0.225 e. The Hall–Kier alpha value is -2.09. The van der Waals surface area contributed by atoms with E-state index in [1.807, 2.05) is 35.7 Å². The van der Waals surface area contributed by atoms with Crippen LogP contribution in [0.25, 0.3) is 11.3 Å². The second-order valence-electron chi connectivity index (χ2n) is 5.58. The van der Waals surface area contributed by atoms with Crippen molar-refractivity contribution in [1.82, 2.24) is 4.98 Å². The van der Waals surface area contributed by atoms with Gasteiger partial charge in [0.2, 0.25) is 5.91 Å². The number of rotatable bonds is 7. The maximum atomic E-state index is 11.8. The molecular weight excluding hydrogens is 450 g/mol. The molecule has 3 rings (SSSR count). The molecule has 8 heteroatoms. The Morgan fingerprint density at radius 3 is 2.85 bits per heavy atom. The number of amides is 1. The van der Waals surface area contributed by atoms with Gasteiger partial charge in [0.25, 0.3) is 0 Å². The largest absolute Gasteiger partial charge is 0.495 e. The minimum atomic E-state index is -0.0268. The van der Waals surface area contributed by atoms with Crippen LogP contribution in [0.3, 0.4) is 0 Å². The van der Waals surface area contributed by atoms with Crippen LogP contribution >= 0.6 is 38.9 Å². The van der Waals surface area contributed by atoms with Gasteiger partial charge in [-0.15, -0.1) is 11.3 Å². The molecule has 0 radical (unpaired) electrons. The molecule has 0 spiro atoms. The van der Waals surface area contributed by atoms with Gasteiger partial charge < -0.3 is 15.4 Å². The van der Waals surface area contributed by atoms with Crippen LogP contribution in [-0.2, 0) is 4.79 Å². The Kier molecular flexibility index (Phi) is 6.71. The van der Waals surface area contributed by atoms with Crippen LogP contribution in [0.4, 0.5) is 16.5 Å². The molecule has 0 aliphatic heterocycles. The monoisotopic (exact) mass is 465 g/mol. The fourth-order valence-corrected chi connectivity index (χ4v) is 3.75. The van der Waals surface area contributed by atoms with Crippen LogP contribution in [0.5, 0.6) is 5.75 Å². The minimum Gasteiger partial charge on any atom is -0.495 e. The molecule has 0 bridgehead atoms. The molecule has 0 aliphatic carbocycles. The van der Waals surface area contributed by atoms with E-state index in [4.69, 9.17) is 16.3 Å². The first kappa shape index (κ1) is 19.7. The third-order valence-electron chi connectivity index (χ3n) is 3.67. The second-order valence-corrected chi connectivity index (χ2v) is 7.64. The molecule has 1 aromatic heterocycles. The molecule has 0 saturated heterocycles. The number of ether oxygens (including phenoxy) is 1. The van der Waals surface area contributed by atoms with E-state index >= 15 is 0 Å². The molecule has 0 unspecified atom stereocenters. The van der Waals surface area contributed by atoms with Crippen molar-refractivity contribution < 1.29 is 9.53 Å². The zero-order valence-electron chi connectivity index (χ0n) is 14.5. The highest BCUT2D eigenvalue weighted by atomic mass is 79.9. The van der Waals surface area contributed by atoms with Crippen LogP contribution in [0.2, 0.25) is 5.02 Å². The fraction of sp³-hybridized carbons (Fsp3) is 0.158. The fourth-order valence-electron chi connectivity index (χ4n) is 2.40. The lowest BCUT2D eigenvalue weighted by Gasteiger charge is -2.07. The van der Waals surface area contributed by atoms with Crippen molar-refractivity contribution in [3.05, 3.63) is 52.9 Å². The summed E-state index contributed by atoms with van der Waals surface area (Å²) in [4.78, 5) is 16.4. The summed E-state index contributed by atoms with van der Waals surface area (Å²) in [6.45, 7) is 0. The summed E-state index contributed by atoms with van der Waals surface area (Å²) in [6, 6.07) is 13.1. The first-order valence-corrected chi connectivity index (χ1v) is 10.5. The Morgan fingerprint density at radius 2 is 2.11 bits per heavy atom. The minimum absolute atomic E-state index is 0.0268. The molecule has 1 amide bonds. The van der Waals surface area contributed by atoms with Crippen molar-refractivity contribution in [2.75, 3.05) is 23.1 Å². The van der Waals surface area contributed by atoms with Crippen LogP contribution in [-0.4, -0.2) is 23.3 Å². The number of anilines is 3. The van der Waals surface area contributed by atoms with E-state index in [-0.39, 0.29) is 5.91 Å². The van der Waals surface area contributed by atoms with Crippen LogP contribution in [0, 0.1) is 0 Å².